The van der Waals surface area contributed by atoms with Crippen LogP contribution in [0.25, 0.3) is 11.1 Å². The highest BCUT2D eigenvalue weighted by Crippen LogP contribution is 2.38. The van der Waals surface area contributed by atoms with Gasteiger partial charge in [-0.05, 0) is 93.8 Å². The molecule has 8 nitrogen and oxygen atoms in total. The van der Waals surface area contributed by atoms with Gasteiger partial charge in [0.25, 0.3) is 5.56 Å². The molecule has 0 radical (unpaired) electrons. The molecule has 232 valence electrons. The van der Waals surface area contributed by atoms with Crippen LogP contribution in [0.15, 0.2) is 51.4 Å². The Balaban J connectivity index is 1.54. The SMILES string of the molecule is CCCC1=C(C(=O)OCC)[C@H](c2cccc(OC)c2)n2c(s/c(=C/c3cc(C)n(-c4sc5c(c4C#N)CCCC5)c3C)c2=O)=N1. The van der Waals surface area contributed by atoms with Gasteiger partial charge in [-0.2, -0.15) is 5.26 Å². The summed E-state index contributed by atoms with van der Waals surface area (Å²) in [4.78, 5) is 34.5. The molecule has 4 aromatic rings. The van der Waals surface area contributed by atoms with Gasteiger partial charge in [-0.25, -0.2) is 9.79 Å². The van der Waals surface area contributed by atoms with Crippen LogP contribution in [0.2, 0.25) is 0 Å². The summed E-state index contributed by atoms with van der Waals surface area (Å²) >= 11 is 3.04. The summed E-state index contributed by atoms with van der Waals surface area (Å²) in [5.41, 5.74) is 6.40. The van der Waals surface area contributed by atoms with Crippen LogP contribution in [0, 0.1) is 25.2 Å². The van der Waals surface area contributed by atoms with Crippen LogP contribution in [0.3, 0.4) is 0 Å². The Morgan fingerprint density at radius 3 is 2.71 bits per heavy atom. The summed E-state index contributed by atoms with van der Waals surface area (Å²) < 4.78 is 15.3. The molecule has 6 rings (SSSR count). The molecule has 0 unspecified atom stereocenters. The van der Waals surface area contributed by atoms with Crippen molar-refractivity contribution in [2.24, 2.45) is 4.99 Å². The largest absolute Gasteiger partial charge is 0.497 e. The van der Waals surface area contributed by atoms with Crippen molar-refractivity contribution in [3.8, 4) is 16.8 Å². The van der Waals surface area contributed by atoms with Gasteiger partial charge in [0.15, 0.2) is 4.80 Å². The van der Waals surface area contributed by atoms with Crippen LogP contribution in [-0.4, -0.2) is 28.8 Å². The summed E-state index contributed by atoms with van der Waals surface area (Å²) in [6, 6.07) is 11.3. The molecule has 1 atom stereocenters. The van der Waals surface area contributed by atoms with Gasteiger partial charge >= 0.3 is 5.97 Å². The standard InChI is InChI=1S/C35H36N4O4S2/c1-6-11-27-30(34(41)43-7-2)31(22-12-10-13-24(17-22)42-5)39-32(40)29(45-35(39)37-27)18-23-16-20(3)38(21(23)4)33-26(19-36)25-14-8-9-15-28(25)44-33/h10,12-13,16-18,31H,6-9,11,14-15H2,1-5H3/b29-18+/t31-/m0/s1. The highest BCUT2D eigenvalue weighted by Gasteiger charge is 2.34. The van der Waals surface area contributed by atoms with Crippen LogP contribution in [0.1, 0.15) is 84.1 Å². The number of esters is 1. The number of aromatic nitrogens is 2. The molecule has 0 saturated carbocycles. The minimum absolute atomic E-state index is 0.216. The second kappa shape index (κ2) is 12.7. The number of methoxy groups -OCH3 is 1. The van der Waals surface area contributed by atoms with E-state index in [1.807, 2.05) is 51.1 Å². The first kappa shape index (κ1) is 30.8. The molecule has 0 saturated heterocycles. The third-order valence-corrected chi connectivity index (χ3v) is 10.8. The maximum Gasteiger partial charge on any atom is 0.338 e. The molecule has 0 spiro atoms. The topological polar surface area (TPSA) is 98.6 Å². The molecule has 1 aromatic carbocycles. The van der Waals surface area contributed by atoms with Gasteiger partial charge < -0.3 is 14.0 Å². The summed E-state index contributed by atoms with van der Waals surface area (Å²) in [6.45, 7) is 8.10. The second-order valence-corrected chi connectivity index (χ2v) is 13.4. The number of thiophene rings is 1. The molecule has 0 N–H and O–H groups in total. The second-order valence-electron chi connectivity index (χ2n) is 11.4. The average molecular weight is 641 g/mol. The number of ether oxygens (including phenoxy) is 2. The summed E-state index contributed by atoms with van der Waals surface area (Å²) in [7, 11) is 1.59. The predicted molar refractivity (Wildman–Crippen MR) is 177 cm³/mol. The molecule has 0 bridgehead atoms. The Kier molecular flexibility index (Phi) is 8.67. The molecule has 3 aromatic heterocycles. The van der Waals surface area contributed by atoms with Gasteiger partial charge in [0.1, 0.15) is 16.8 Å². The van der Waals surface area contributed by atoms with E-state index in [4.69, 9.17) is 14.5 Å². The normalized spacial score (nSPS) is 16.2. The van der Waals surface area contributed by atoms with E-state index in [1.165, 1.54) is 21.8 Å². The number of aryl methyl sites for hydroxylation is 2. The van der Waals surface area contributed by atoms with Gasteiger partial charge in [0.2, 0.25) is 0 Å². The number of fused-ring (bicyclic) bond motifs is 2. The van der Waals surface area contributed by atoms with Crippen LogP contribution in [0.4, 0.5) is 0 Å². The number of hydrogen-bond acceptors (Lipinski definition) is 8. The van der Waals surface area contributed by atoms with Gasteiger partial charge in [-0.15, -0.1) is 11.3 Å². The number of nitrogens with zero attached hydrogens (tertiary/aromatic N) is 4. The monoisotopic (exact) mass is 640 g/mol. The van der Waals surface area contributed by atoms with Gasteiger partial charge in [-0.3, -0.25) is 9.36 Å². The first-order chi connectivity index (χ1) is 21.8. The molecular weight excluding hydrogens is 605 g/mol. The smallest absolute Gasteiger partial charge is 0.338 e. The van der Waals surface area contributed by atoms with E-state index in [1.54, 1.807) is 29.9 Å². The summed E-state index contributed by atoms with van der Waals surface area (Å²) in [5.74, 6) is 0.161. The van der Waals surface area contributed by atoms with Crippen molar-refractivity contribution in [2.45, 2.75) is 72.3 Å². The third kappa shape index (κ3) is 5.38. The number of allylic oxidation sites excluding steroid dienone is 1. The fraction of sp³-hybridized carbons (Fsp3) is 0.371. The zero-order valence-corrected chi connectivity index (χ0v) is 27.9. The Bertz CT molecular complexity index is 2070. The fourth-order valence-corrected chi connectivity index (χ4v) is 8.92. The average Bonchev–Trinajstić information content (AvgIpc) is 3.65. The summed E-state index contributed by atoms with van der Waals surface area (Å²) in [6.07, 6.45) is 7.51. The Labute approximate surface area is 270 Å². The van der Waals surface area contributed by atoms with Crippen LogP contribution in [0.5, 0.6) is 5.75 Å². The van der Waals surface area contributed by atoms with Crippen molar-refractivity contribution in [2.75, 3.05) is 13.7 Å². The van der Waals surface area contributed by atoms with E-state index in [0.29, 0.717) is 32.8 Å². The van der Waals surface area contributed by atoms with E-state index < -0.39 is 12.0 Å². The third-order valence-electron chi connectivity index (χ3n) is 8.53. The number of hydrogen-bond donors (Lipinski definition) is 0. The molecule has 0 amide bonds. The van der Waals surface area contributed by atoms with Crippen molar-refractivity contribution >= 4 is 34.7 Å². The number of carbonyl (C=O) groups is 1. The van der Waals surface area contributed by atoms with Crippen LogP contribution >= 0.6 is 22.7 Å². The van der Waals surface area contributed by atoms with E-state index in [0.717, 1.165) is 65.2 Å². The lowest BCUT2D eigenvalue weighted by Gasteiger charge is -2.26. The van der Waals surface area contributed by atoms with Gasteiger partial charge in [0.05, 0.1) is 41.1 Å². The zero-order valence-electron chi connectivity index (χ0n) is 26.2. The van der Waals surface area contributed by atoms with Crippen molar-refractivity contribution in [1.29, 1.82) is 5.26 Å². The van der Waals surface area contributed by atoms with Crippen LogP contribution in [-0.2, 0) is 22.4 Å². The molecule has 10 heteroatoms. The molecule has 1 aliphatic carbocycles. The minimum Gasteiger partial charge on any atom is -0.497 e. The number of thiazole rings is 1. The van der Waals surface area contributed by atoms with Crippen LogP contribution < -0.4 is 19.6 Å². The number of rotatable bonds is 8. The van der Waals surface area contributed by atoms with Gasteiger partial charge in [-0.1, -0.05) is 36.8 Å². The zero-order chi connectivity index (χ0) is 31.8. The Morgan fingerprint density at radius 2 is 1.98 bits per heavy atom. The minimum atomic E-state index is -0.706. The lowest BCUT2D eigenvalue weighted by molar-refractivity contribution is -0.139. The number of carbonyl (C=O) groups excluding carboxylic acids is 1. The van der Waals surface area contributed by atoms with E-state index in [2.05, 4.69) is 16.7 Å². The van der Waals surface area contributed by atoms with E-state index in [9.17, 15) is 14.9 Å². The predicted octanol–water partition coefficient (Wildman–Crippen LogP) is 5.81. The Hall–Kier alpha value is -4.20. The van der Waals surface area contributed by atoms with Crippen molar-refractivity contribution in [3.05, 3.63) is 99.8 Å². The molecule has 0 fully saturated rings. The number of nitriles is 1. The molecule has 2 aliphatic rings. The fourth-order valence-electron chi connectivity index (χ4n) is 6.46. The quantitative estimate of drug-likeness (QED) is 0.227. The van der Waals surface area contributed by atoms with Crippen molar-refractivity contribution in [1.82, 2.24) is 9.13 Å². The lowest BCUT2D eigenvalue weighted by Crippen LogP contribution is -2.40. The summed E-state index contributed by atoms with van der Waals surface area (Å²) in [5, 5.41) is 11.1. The number of benzene rings is 1. The van der Waals surface area contributed by atoms with Gasteiger partial charge in [0, 0.05) is 16.3 Å². The lowest BCUT2D eigenvalue weighted by atomic mass is 9.94. The molecule has 1 aliphatic heterocycles. The van der Waals surface area contributed by atoms with Crippen molar-refractivity contribution in [3.63, 3.8) is 0 Å². The molecular formula is C35H36N4O4S2. The first-order valence-corrected chi connectivity index (χ1v) is 17.0. The maximum atomic E-state index is 14.3. The molecule has 4 heterocycles. The Morgan fingerprint density at radius 1 is 1.18 bits per heavy atom. The van der Waals surface area contributed by atoms with Crippen molar-refractivity contribution < 1.29 is 14.3 Å². The highest BCUT2D eigenvalue weighted by atomic mass is 32.1. The first-order valence-electron chi connectivity index (χ1n) is 15.4. The van der Waals surface area contributed by atoms with E-state index >= 15 is 0 Å². The maximum absolute atomic E-state index is 14.3. The molecule has 45 heavy (non-hydrogen) atoms. The highest BCUT2D eigenvalue weighted by molar-refractivity contribution is 7.15. The van der Waals surface area contributed by atoms with E-state index in [-0.39, 0.29) is 12.2 Å².